The van der Waals surface area contributed by atoms with Gasteiger partial charge in [0.05, 0.1) is 4.88 Å². The fourth-order valence-corrected chi connectivity index (χ4v) is 2.84. The Bertz CT molecular complexity index is 580. The number of carbonyl (C=O) groups is 1. The quantitative estimate of drug-likeness (QED) is 0.609. The van der Waals surface area contributed by atoms with Crippen LogP contribution in [0.3, 0.4) is 0 Å². The summed E-state index contributed by atoms with van der Waals surface area (Å²) in [5.41, 5.74) is 6.46. The van der Waals surface area contributed by atoms with Gasteiger partial charge in [-0.25, -0.2) is 0 Å². The van der Waals surface area contributed by atoms with Crippen LogP contribution in [0.25, 0.3) is 10.1 Å². The van der Waals surface area contributed by atoms with Gasteiger partial charge >= 0.3 is 0 Å². The predicted octanol–water partition coefficient (Wildman–Crippen LogP) is 3.03. The summed E-state index contributed by atoms with van der Waals surface area (Å²) in [7, 11) is 0. The molecule has 0 atom stereocenters. The fourth-order valence-electron chi connectivity index (χ4n) is 1.88. The largest absolute Gasteiger partial charge is 0.399 e. The molecule has 0 spiro atoms. The highest BCUT2D eigenvalue weighted by Crippen LogP contribution is 2.27. The van der Waals surface area contributed by atoms with Gasteiger partial charge in [0.25, 0.3) is 5.91 Å². The summed E-state index contributed by atoms with van der Waals surface area (Å²) in [6.07, 6.45) is 1.86. The van der Waals surface area contributed by atoms with Crippen molar-refractivity contribution in [3.8, 4) is 0 Å². The lowest BCUT2D eigenvalue weighted by atomic mass is 10.2. The first-order valence-electron chi connectivity index (χ1n) is 6.85. The Balaban J connectivity index is 1.85. The minimum Gasteiger partial charge on any atom is -0.399 e. The van der Waals surface area contributed by atoms with Crippen molar-refractivity contribution in [1.29, 1.82) is 0 Å². The number of nitrogen functional groups attached to an aromatic ring is 1. The first-order chi connectivity index (χ1) is 9.70. The zero-order valence-corrected chi connectivity index (χ0v) is 12.5. The lowest BCUT2D eigenvalue weighted by Crippen LogP contribution is -2.24. The van der Waals surface area contributed by atoms with E-state index in [4.69, 9.17) is 10.5 Å². The molecule has 1 amide bonds. The van der Waals surface area contributed by atoms with Gasteiger partial charge in [-0.15, -0.1) is 11.3 Å². The molecule has 2 aromatic rings. The molecule has 108 valence electrons. The number of nitrogens with one attached hydrogen (secondary N) is 1. The van der Waals surface area contributed by atoms with Crippen LogP contribution in [-0.4, -0.2) is 25.7 Å². The van der Waals surface area contributed by atoms with E-state index in [1.165, 1.54) is 11.3 Å². The summed E-state index contributed by atoms with van der Waals surface area (Å²) < 4.78 is 6.45. The van der Waals surface area contributed by atoms with Crippen LogP contribution in [0, 0.1) is 0 Å². The maximum Gasteiger partial charge on any atom is 0.261 e. The molecular weight excluding hydrogens is 272 g/mol. The van der Waals surface area contributed by atoms with Crippen LogP contribution in [0.15, 0.2) is 24.3 Å². The minimum absolute atomic E-state index is 0.0275. The molecule has 1 aromatic heterocycles. The van der Waals surface area contributed by atoms with E-state index < -0.39 is 0 Å². The van der Waals surface area contributed by atoms with E-state index in [9.17, 15) is 4.79 Å². The molecule has 1 aromatic carbocycles. The Labute approximate surface area is 122 Å². The summed E-state index contributed by atoms with van der Waals surface area (Å²) in [6.45, 7) is 4.19. The molecule has 20 heavy (non-hydrogen) atoms. The summed E-state index contributed by atoms with van der Waals surface area (Å²) >= 11 is 1.49. The van der Waals surface area contributed by atoms with Crippen LogP contribution >= 0.6 is 11.3 Å². The molecule has 0 saturated heterocycles. The molecule has 0 radical (unpaired) electrons. The lowest BCUT2D eigenvalue weighted by molar-refractivity contribution is 0.0945. The normalized spacial score (nSPS) is 10.8. The number of hydrogen-bond acceptors (Lipinski definition) is 4. The standard InChI is InChI=1S/C15H20N2O2S/c1-2-7-19-8-3-6-17-15(18)14-10-11-9-12(16)4-5-13(11)20-14/h4-5,9-10H,2-3,6-8,16H2,1H3,(H,17,18). The van der Waals surface area contributed by atoms with E-state index in [1.54, 1.807) is 0 Å². The number of rotatable bonds is 7. The number of anilines is 1. The summed E-state index contributed by atoms with van der Waals surface area (Å²) in [6, 6.07) is 7.58. The molecule has 4 nitrogen and oxygen atoms in total. The number of thiophene rings is 1. The van der Waals surface area contributed by atoms with E-state index in [0.29, 0.717) is 13.2 Å². The second-order valence-electron chi connectivity index (χ2n) is 4.63. The van der Waals surface area contributed by atoms with Gasteiger partial charge in [-0.3, -0.25) is 4.79 Å². The average Bonchev–Trinajstić information content (AvgIpc) is 2.85. The second-order valence-corrected chi connectivity index (χ2v) is 5.71. The number of hydrogen-bond donors (Lipinski definition) is 2. The van der Waals surface area contributed by atoms with Gasteiger partial charge in [0.1, 0.15) is 0 Å². The summed E-state index contributed by atoms with van der Waals surface area (Å²) in [5, 5.41) is 3.93. The number of nitrogens with two attached hydrogens (primary N) is 1. The molecule has 0 fully saturated rings. The van der Waals surface area contributed by atoms with Crippen molar-refractivity contribution in [2.24, 2.45) is 0 Å². The van der Waals surface area contributed by atoms with E-state index in [0.717, 1.165) is 40.1 Å². The van der Waals surface area contributed by atoms with Crippen LogP contribution in [-0.2, 0) is 4.74 Å². The summed E-state index contributed by atoms with van der Waals surface area (Å²) in [4.78, 5) is 12.7. The Morgan fingerprint density at radius 3 is 3.00 bits per heavy atom. The molecule has 3 N–H and O–H groups in total. The van der Waals surface area contributed by atoms with Gasteiger partial charge in [-0.05, 0) is 42.5 Å². The van der Waals surface area contributed by atoms with Crippen LogP contribution < -0.4 is 11.1 Å². The molecule has 0 aliphatic heterocycles. The molecule has 0 aliphatic rings. The van der Waals surface area contributed by atoms with Crippen molar-refractivity contribution in [3.05, 3.63) is 29.1 Å². The SMILES string of the molecule is CCCOCCCNC(=O)c1cc2cc(N)ccc2s1. The second kappa shape index (κ2) is 7.26. The zero-order valence-electron chi connectivity index (χ0n) is 11.6. The van der Waals surface area contributed by atoms with Crippen molar-refractivity contribution < 1.29 is 9.53 Å². The Morgan fingerprint density at radius 1 is 1.35 bits per heavy atom. The number of ether oxygens (including phenoxy) is 1. The van der Waals surface area contributed by atoms with Crippen molar-refractivity contribution in [1.82, 2.24) is 5.32 Å². The van der Waals surface area contributed by atoms with Gasteiger partial charge in [-0.1, -0.05) is 6.92 Å². The average molecular weight is 292 g/mol. The first-order valence-corrected chi connectivity index (χ1v) is 7.67. The zero-order chi connectivity index (χ0) is 14.4. The third-order valence-electron chi connectivity index (χ3n) is 2.86. The number of carbonyl (C=O) groups excluding carboxylic acids is 1. The topological polar surface area (TPSA) is 64.3 Å². The van der Waals surface area contributed by atoms with Crippen molar-refractivity contribution in [2.75, 3.05) is 25.5 Å². The molecule has 0 saturated carbocycles. The van der Waals surface area contributed by atoms with E-state index in [-0.39, 0.29) is 5.91 Å². The maximum absolute atomic E-state index is 12.0. The molecule has 2 rings (SSSR count). The van der Waals surface area contributed by atoms with Gasteiger partial charge in [0, 0.05) is 30.1 Å². The van der Waals surface area contributed by atoms with Crippen LogP contribution in [0.5, 0.6) is 0 Å². The van der Waals surface area contributed by atoms with E-state index in [2.05, 4.69) is 12.2 Å². The van der Waals surface area contributed by atoms with E-state index >= 15 is 0 Å². The third-order valence-corrected chi connectivity index (χ3v) is 3.98. The molecule has 5 heteroatoms. The number of benzene rings is 1. The van der Waals surface area contributed by atoms with Crippen molar-refractivity contribution in [2.45, 2.75) is 19.8 Å². The fraction of sp³-hybridized carbons (Fsp3) is 0.400. The molecular formula is C15H20N2O2S. The third kappa shape index (κ3) is 3.95. The number of fused-ring (bicyclic) bond motifs is 1. The van der Waals surface area contributed by atoms with Crippen molar-refractivity contribution >= 4 is 33.0 Å². The summed E-state index contributed by atoms with van der Waals surface area (Å²) in [5.74, 6) is -0.0275. The Kier molecular flexibility index (Phi) is 5.38. The lowest BCUT2D eigenvalue weighted by Gasteiger charge is -2.04. The molecule has 0 aliphatic carbocycles. The Hall–Kier alpha value is -1.59. The van der Waals surface area contributed by atoms with E-state index in [1.807, 2.05) is 24.3 Å². The van der Waals surface area contributed by atoms with Crippen LogP contribution in [0.4, 0.5) is 5.69 Å². The maximum atomic E-state index is 12.0. The highest BCUT2D eigenvalue weighted by molar-refractivity contribution is 7.20. The van der Waals surface area contributed by atoms with Crippen LogP contribution in [0.2, 0.25) is 0 Å². The monoisotopic (exact) mass is 292 g/mol. The Morgan fingerprint density at radius 2 is 2.20 bits per heavy atom. The van der Waals surface area contributed by atoms with Gasteiger partial charge in [0.15, 0.2) is 0 Å². The number of amides is 1. The van der Waals surface area contributed by atoms with Crippen molar-refractivity contribution in [3.63, 3.8) is 0 Å². The first kappa shape index (κ1) is 14.8. The highest BCUT2D eigenvalue weighted by atomic mass is 32.1. The minimum atomic E-state index is -0.0275. The molecule has 0 unspecified atom stereocenters. The highest BCUT2D eigenvalue weighted by Gasteiger charge is 2.09. The molecule has 0 bridgehead atoms. The van der Waals surface area contributed by atoms with Gasteiger partial charge in [-0.2, -0.15) is 0 Å². The van der Waals surface area contributed by atoms with Gasteiger partial charge < -0.3 is 15.8 Å². The predicted molar refractivity (Wildman–Crippen MR) is 84.3 cm³/mol. The van der Waals surface area contributed by atoms with Gasteiger partial charge in [0.2, 0.25) is 0 Å². The molecule has 1 heterocycles. The van der Waals surface area contributed by atoms with Crippen LogP contribution in [0.1, 0.15) is 29.4 Å². The smallest absolute Gasteiger partial charge is 0.261 e.